The number of nitrogens with zero attached hydrogens (tertiary/aromatic N) is 4. The van der Waals surface area contributed by atoms with E-state index < -0.39 is 17.6 Å². The summed E-state index contributed by atoms with van der Waals surface area (Å²) in [5.41, 5.74) is -0.250. The van der Waals surface area contributed by atoms with Gasteiger partial charge in [-0.05, 0) is 43.5 Å². The number of carbonyl (C=O) groups is 1. The zero-order chi connectivity index (χ0) is 20.8. The van der Waals surface area contributed by atoms with Gasteiger partial charge in [-0.1, -0.05) is 6.92 Å². The van der Waals surface area contributed by atoms with Crippen molar-refractivity contribution in [2.24, 2.45) is 0 Å². The molecule has 1 aliphatic carbocycles. The Balaban J connectivity index is 1.61. The first-order valence-corrected chi connectivity index (χ1v) is 9.22. The van der Waals surface area contributed by atoms with Gasteiger partial charge in [-0.25, -0.2) is 4.98 Å². The van der Waals surface area contributed by atoms with Gasteiger partial charge in [0.15, 0.2) is 0 Å². The number of amides is 1. The number of aryl methyl sites for hydroxylation is 1. The van der Waals surface area contributed by atoms with E-state index in [-0.39, 0.29) is 23.7 Å². The van der Waals surface area contributed by atoms with Crippen molar-refractivity contribution in [3.05, 3.63) is 57.8 Å². The lowest BCUT2D eigenvalue weighted by molar-refractivity contribution is -0.137. The first-order valence-electron chi connectivity index (χ1n) is 9.22. The average Bonchev–Trinajstić information content (AvgIpc) is 3.44. The highest BCUT2D eigenvalue weighted by molar-refractivity contribution is 5.90. The van der Waals surface area contributed by atoms with Crippen LogP contribution in [0, 0.1) is 0 Å². The fraction of sp³-hybridized carbons (Fsp3) is 0.368. The van der Waals surface area contributed by atoms with Gasteiger partial charge in [-0.15, -0.1) is 5.10 Å². The van der Waals surface area contributed by atoms with Gasteiger partial charge in [0, 0.05) is 23.4 Å². The van der Waals surface area contributed by atoms with Crippen LogP contribution in [0.3, 0.4) is 0 Å². The Bertz CT molecular complexity index is 1130. The molecule has 1 amide bonds. The zero-order valence-corrected chi connectivity index (χ0v) is 15.5. The van der Waals surface area contributed by atoms with Crippen molar-refractivity contribution in [2.75, 3.05) is 5.32 Å². The minimum absolute atomic E-state index is 0.143. The highest BCUT2D eigenvalue weighted by Crippen LogP contribution is 2.39. The standard InChI is InChI=1S/C19H18F3N5O2/c1-2-13-9-16(29)27-18(24-13)26(17(25-27)11-3-4-11)10-15(28)23-14-7-5-12(6-8-14)19(20,21)22/h5-9,11H,2-4,10H2,1H3,(H,23,28). The van der Waals surface area contributed by atoms with E-state index in [1.54, 1.807) is 4.57 Å². The van der Waals surface area contributed by atoms with Crippen molar-refractivity contribution < 1.29 is 18.0 Å². The number of fused-ring (bicyclic) bond motifs is 1. The Morgan fingerprint density at radius 3 is 2.52 bits per heavy atom. The molecule has 2 aromatic heterocycles. The molecule has 3 aromatic rings. The Kier molecular flexibility index (Phi) is 4.64. The van der Waals surface area contributed by atoms with Crippen molar-refractivity contribution in [3.8, 4) is 0 Å². The molecule has 152 valence electrons. The van der Waals surface area contributed by atoms with E-state index in [0.29, 0.717) is 23.7 Å². The number of alkyl halides is 3. The van der Waals surface area contributed by atoms with Crippen LogP contribution in [0.25, 0.3) is 5.78 Å². The molecule has 0 bridgehead atoms. The lowest BCUT2D eigenvalue weighted by Gasteiger charge is -2.10. The molecule has 2 heterocycles. The van der Waals surface area contributed by atoms with E-state index in [4.69, 9.17) is 0 Å². The third-order valence-electron chi connectivity index (χ3n) is 4.75. The molecule has 7 nitrogen and oxygen atoms in total. The summed E-state index contributed by atoms with van der Waals surface area (Å²) in [5.74, 6) is 0.631. The van der Waals surface area contributed by atoms with Crippen LogP contribution in [-0.2, 0) is 23.9 Å². The lowest BCUT2D eigenvalue weighted by Crippen LogP contribution is -2.22. The first-order chi connectivity index (χ1) is 13.8. The first kappa shape index (κ1) is 19.2. The fourth-order valence-corrected chi connectivity index (χ4v) is 3.10. The predicted octanol–water partition coefficient (Wildman–Crippen LogP) is 2.99. The summed E-state index contributed by atoms with van der Waals surface area (Å²) in [7, 11) is 0. The summed E-state index contributed by atoms with van der Waals surface area (Å²) >= 11 is 0. The molecular weight excluding hydrogens is 387 g/mol. The maximum Gasteiger partial charge on any atom is 0.416 e. The van der Waals surface area contributed by atoms with E-state index in [1.165, 1.54) is 22.7 Å². The third kappa shape index (κ3) is 3.87. The molecule has 0 aliphatic heterocycles. The number of benzene rings is 1. The predicted molar refractivity (Wildman–Crippen MR) is 98.7 cm³/mol. The highest BCUT2D eigenvalue weighted by atomic mass is 19.4. The Labute approximate surface area is 163 Å². The van der Waals surface area contributed by atoms with E-state index in [1.807, 2.05) is 6.92 Å². The van der Waals surface area contributed by atoms with Gasteiger partial charge in [-0.2, -0.15) is 17.7 Å². The van der Waals surface area contributed by atoms with Gasteiger partial charge in [0.1, 0.15) is 12.4 Å². The third-order valence-corrected chi connectivity index (χ3v) is 4.75. The van der Waals surface area contributed by atoms with Crippen LogP contribution in [0.5, 0.6) is 0 Å². The number of halogens is 3. The van der Waals surface area contributed by atoms with Gasteiger partial charge in [0.05, 0.1) is 5.56 Å². The van der Waals surface area contributed by atoms with E-state index in [0.717, 1.165) is 25.0 Å². The van der Waals surface area contributed by atoms with Crippen LogP contribution in [0.1, 0.15) is 42.8 Å². The van der Waals surface area contributed by atoms with Crippen LogP contribution in [0.4, 0.5) is 18.9 Å². The normalized spacial score (nSPS) is 14.3. The van der Waals surface area contributed by atoms with Crippen LogP contribution in [-0.4, -0.2) is 25.1 Å². The summed E-state index contributed by atoms with van der Waals surface area (Å²) in [6, 6.07) is 5.64. The number of carbonyl (C=O) groups excluding carboxylic acids is 1. The van der Waals surface area contributed by atoms with Gasteiger partial charge < -0.3 is 5.32 Å². The number of hydrogen-bond acceptors (Lipinski definition) is 4. The summed E-state index contributed by atoms with van der Waals surface area (Å²) in [6.07, 6.45) is -2.04. The minimum Gasteiger partial charge on any atom is -0.325 e. The summed E-state index contributed by atoms with van der Waals surface area (Å²) < 4.78 is 40.8. The van der Waals surface area contributed by atoms with Gasteiger partial charge in [0.2, 0.25) is 11.7 Å². The van der Waals surface area contributed by atoms with Crippen molar-refractivity contribution in [3.63, 3.8) is 0 Å². The van der Waals surface area contributed by atoms with Gasteiger partial charge in [-0.3, -0.25) is 14.2 Å². The molecule has 0 unspecified atom stereocenters. The van der Waals surface area contributed by atoms with E-state index >= 15 is 0 Å². The quantitative estimate of drug-likeness (QED) is 0.708. The summed E-state index contributed by atoms with van der Waals surface area (Å²) in [5, 5.41) is 6.93. The molecule has 0 saturated heterocycles. The molecule has 1 aliphatic rings. The molecular formula is C19H18F3N5O2. The number of anilines is 1. The minimum atomic E-state index is -4.44. The molecule has 0 atom stereocenters. The molecule has 10 heteroatoms. The maximum atomic E-state index is 12.7. The Hall–Kier alpha value is -3.17. The number of nitrogens with one attached hydrogen (secondary N) is 1. The summed E-state index contributed by atoms with van der Waals surface area (Å²) in [6.45, 7) is 1.73. The van der Waals surface area contributed by atoms with Gasteiger partial charge in [0.25, 0.3) is 5.56 Å². The molecule has 1 N–H and O–H groups in total. The number of rotatable bonds is 5. The second kappa shape index (κ2) is 7.02. The number of hydrogen-bond donors (Lipinski definition) is 1. The molecule has 1 saturated carbocycles. The van der Waals surface area contributed by atoms with Crippen LogP contribution in [0.15, 0.2) is 35.1 Å². The molecule has 1 aromatic carbocycles. The largest absolute Gasteiger partial charge is 0.416 e. The number of aromatic nitrogens is 4. The second-order valence-electron chi connectivity index (χ2n) is 6.99. The van der Waals surface area contributed by atoms with Gasteiger partial charge >= 0.3 is 6.18 Å². The SMILES string of the molecule is CCc1cc(=O)n2nc(C3CC3)n(CC(=O)Nc3ccc(C(F)(F)F)cc3)c2n1. The highest BCUT2D eigenvalue weighted by Gasteiger charge is 2.32. The van der Waals surface area contributed by atoms with Crippen molar-refractivity contribution in [1.82, 2.24) is 19.2 Å². The topological polar surface area (TPSA) is 81.3 Å². The summed E-state index contributed by atoms with van der Waals surface area (Å²) in [4.78, 5) is 29.3. The lowest BCUT2D eigenvalue weighted by atomic mass is 10.2. The molecule has 29 heavy (non-hydrogen) atoms. The Morgan fingerprint density at radius 2 is 1.93 bits per heavy atom. The Morgan fingerprint density at radius 1 is 1.24 bits per heavy atom. The van der Waals surface area contributed by atoms with Crippen molar-refractivity contribution >= 4 is 17.4 Å². The van der Waals surface area contributed by atoms with Crippen LogP contribution in [0.2, 0.25) is 0 Å². The van der Waals surface area contributed by atoms with Crippen molar-refractivity contribution in [2.45, 2.75) is 44.8 Å². The van der Waals surface area contributed by atoms with Crippen LogP contribution >= 0.6 is 0 Å². The average molecular weight is 405 g/mol. The van der Waals surface area contributed by atoms with Crippen molar-refractivity contribution in [1.29, 1.82) is 0 Å². The molecule has 0 radical (unpaired) electrons. The van der Waals surface area contributed by atoms with E-state index in [9.17, 15) is 22.8 Å². The van der Waals surface area contributed by atoms with Crippen LogP contribution < -0.4 is 10.9 Å². The molecule has 4 rings (SSSR count). The monoisotopic (exact) mass is 405 g/mol. The second-order valence-corrected chi connectivity index (χ2v) is 6.99. The molecule has 0 spiro atoms. The smallest absolute Gasteiger partial charge is 0.325 e. The fourth-order valence-electron chi connectivity index (χ4n) is 3.10. The zero-order valence-electron chi connectivity index (χ0n) is 15.5. The molecule has 1 fully saturated rings. The van der Waals surface area contributed by atoms with E-state index in [2.05, 4.69) is 15.4 Å². The maximum absolute atomic E-state index is 12.7.